The highest BCUT2D eigenvalue weighted by Gasteiger charge is 2.18. The highest BCUT2D eigenvalue weighted by atomic mass is 35.5. The summed E-state index contributed by atoms with van der Waals surface area (Å²) in [6, 6.07) is 13.3. The second-order valence-corrected chi connectivity index (χ2v) is 8.79. The lowest BCUT2D eigenvalue weighted by Gasteiger charge is -2.34. The summed E-state index contributed by atoms with van der Waals surface area (Å²) in [7, 11) is 0. The second-order valence-electron chi connectivity index (χ2n) is 8.36. The number of ether oxygens (including phenoxy) is 1. The van der Waals surface area contributed by atoms with Crippen LogP contribution in [-0.4, -0.2) is 55.0 Å². The zero-order chi connectivity index (χ0) is 23.4. The van der Waals surface area contributed by atoms with Crippen LogP contribution >= 0.6 is 11.6 Å². The van der Waals surface area contributed by atoms with Crippen molar-refractivity contribution in [1.82, 2.24) is 9.80 Å². The molecule has 0 radical (unpaired) electrons. The van der Waals surface area contributed by atoms with Crippen molar-refractivity contribution in [2.45, 2.75) is 19.9 Å². The fraction of sp³-hybridized carbons (Fsp3) is 0.360. The van der Waals surface area contributed by atoms with Gasteiger partial charge < -0.3 is 19.8 Å². The van der Waals surface area contributed by atoms with Crippen LogP contribution in [0.3, 0.4) is 0 Å². The lowest BCUT2D eigenvalue weighted by atomic mass is 10.1. The SMILES string of the molecule is Cc1c(C(N)=O)c(=O)oc2cc(OCCCN3CCN(Cc4ccc(Cl)cc4)CC3)ccc12. The van der Waals surface area contributed by atoms with E-state index in [1.165, 1.54) is 5.56 Å². The first-order valence-electron chi connectivity index (χ1n) is 11.1. The van der Waals surface area contributed by atoms with Crippen LogP contribution in [0.25, 0.3) is 11.0 Å². The van der Waals surface area contributed by atoms with Crippen LogP contribution < -0.4 is 16.1 Å². The van der Waals surface area contributed by atoms with Gasteiger partial charge in [0.25, 0.3) is 5.91 Å². The first kappa shape index (κ1) is 23.3. The molecule has 7 nitrogen and oxygen atoms in total. The van der Waals surface area contributed by atoms with Crippen molar-refractivity contribution in [3.8, 4) is 5.75 Å². The molecule has 2 N–H and O–H groups in total. The number of primary amides is 1. The minimum atomic E-state index is -0.783. The van der Waals surface area contributed by atoms with Crippen molar-refractivity contribution in [2.75, 3.05) is 39.3 Å². The number of hydrogen-bond donors (Lipinski definition) is 1. The fourth-order valence-electron chi connectivity index (χ4n) is 4.21. The van der Waals surface area contributed by atoms with E-state index >= 15 is 0 Å². The molecular weight excluding hydrogens is 442 g/mol. The van der Waals surface area contributed by atoms with Gasteiger partial charge in [-0.1, -0.05) is 23.7 Å². The standard InChI is InChI=1S/C25H28ClN3O4/c1-17-21-8-7-20(15-22(21)33-25(31)23(17)24(27)30)32-14-2-9-28-10-12-29(13-11-28)16-18-3-5-19(26)6-4-18/h3-8,15H,2,9-14,16H2,1H3,(H2,27,30). The van der Waals surface area contributed by atoms with Gasteiger partial charge in [-0.2, -0.15) is 0 Å². The van der Waals surface area contributed by atoms with Crippen LogP contribution in [0.4, 0.5) is 0 Å². The Hall–Kier alpha value is -2.87. The molecule has 8 heteroatoms. The normalized spacial score (nSPS) is 15.1. The van der Waals surface area contributed by atoms with Crippen LogP contribution in [0.1, 0.15) is 27.9 Å². The summed E-state index contributed by atoms with van der Waals surface area (Å²) in [4.78, 5) is 28.5. The summed E-state index contributed by atoms with van der Waals surface area (Å²) in [6.45, 7) is 8.34. The predicted molar refractivity (Wildman–Crippen MR) is 129 cm³/mol. The first-order chi connectivity index (χ1) is 15.9. The van der Waals surface area contributed by atoms with Crippen LogP contribution in [0.2, 0.25) is 5.02 Å². The summed E-state index contributed by atoms with van der Waals surface area (Å²) in [5.74, 6) is -0.154. The van der Waals surface area contributed by atoms with E-state index in [-0.39, 0.29) is 5.56 Å². The third-order valence-corrected chi connectivity index (χ3v) is 6.31. The molecule has 1 aliphatic heterocycles. The average Bonchev–Trinajstić information content (AvgIpc) is 2.79. The molecule has 1 saturated heterocycles. The summed E-state index contributed by atoms with van der Waals surface area (Å²) in [5.41, 5.74) is 6.66. The van der Waals surface area contributed by atoms with Crippen molar-refractivity contribution >= 4 is 28.5 Å². The third-order valence-electron chi connectivity index (χ3n) is 6.06. The molecule has 2 heterocycles. The number of nitrogens with zero attached hydrogens (tertiary/aromatic N) is 2. The molecule has 4 rings (SSSR count). The maximum absolute atomic E-state index is 12.1. The van der Waals surface area contributed by atoms with Crippen molar-refractivity contribution < 1.29 is 13.9 Å². The summed E-state index contributed by atoms with van der Waals surface area (Å²) >= 11 is 5.96. The Kier molecular flexibility index (Phi) is 7.33. The number of amides is 1. The highest BCUT2D eigenvalue weighted by molar-refractivity contribution is 6.30. The van der Waals surface area contributed by atoms with Gasteiger partial charge in [0.1, 0.15) is 16.9 Å². The van der Waals surface area contributed by atoms with E-state index in [1.807, 2.05) is 18.2 Å². The Morgan fingerprint density at radius 1 is 1.09 bits per heavy atom. The Bertz CT molecular complexity index is 1180. The van der Waals surface area contributed by atoms with Crippen molar-refractivity contribution in [3.05, 3.63) is 74.6 Å². The minimum Gasteiger partial charge on any atom is -0.493 e. The Labute approximate surface area is 197 Å². The lowest BCUT2D eigenvalue weighted by Crippen LogP contribution is -2.46. The number of carbonyl (C=O) groups is 1. The highest BCUT2D eigenvalue weighted by Crippen LogP contribution is 2.24. The molecular formula is C25H28ClN3O4. The van der Waals surface area contributed by atoms with E-state index in [9.17, 15) is 9.59 Å². The Morgan fingerprint density at radius 2 is 1.79 bits per heavy atom. The number of benzene rings is 2. The molecule has 2 aromatic carbocycles. The van der Waals surface area contributed by atoms with Crippen molar-refractivity contribution in [2.24, 2.45) is 5.73 Å². The number of fused-ring (bicyclic) bond motifs is 1. The Balaban J connectivity index is 1.23. The number of nitrogens with two attached hydrogens (primary N) is 1. The lowest BCUT2D eigenvalue weighted by molar-refractivity contribution is 0.0996. The van der Waals surface area contributed by atoms with Crippen molar-refractivity contribution in [3.63, 3.8) is 0 Å². The smallest absolute Gasteiger partial charge is 0.349 e. The third kappa shape index (κ3) is 5.74. The maximum atomic E-state index is 12.1. The van der Waals surface area contributed by atoms with Gasteiger partial charge in [-0.05, 0) is 48.7 Å². The number of halogens is 1. The average molecular weight is 470 g/mol. The predicted octanol–water partition coefficient (Wildman–Crippen LogP) is 3.44. The molecule has 0 atom stereocenters. The van der Waals surface area contributed by atoms with Gasteiger partial charge in [0, 0.05) is 55.7 Å². The summed E-state index contributed by atoms with van der Waals surface area (Å²) < 4.78 is 11.2. The topological polar surface area (TPSA) is 89.0 Å². The minimum absolute atomic E-state index is 0.107. The van der Waals surface area contributed by atoms with E-state index in [2.05, 4.69) is 21.9 Å². The number of piperazine rings is 1. The monoisotopic (exact) mass is 469 g/mol. The maximum Gasteiger partial charge on any atom is 0.349 e. The van der Waals surface area contributed by atoms with Crippen LogP contribution in [0, 0.1) is 6.92 Å². The first-order valence-corrected chi connectivity index (χ1v) is 11.5. The molecule has 1 aromatic heterocycles. The van der Waals surface area contributed by atoms with Gasteiger partial charge in [-0.15, -0.1) is 0 Å². The molecule has 1 aliphatic rings. The van der Waals surface area contributed by atoms with Gasteiger partial charge in [0.15, 0.2) is 0 Å². The number of aryl methyl sites for hydroxylation is 1. The molecule has 0 aliphatic carbocycles. The van der Waals surface area contributed by atoms with Crippen LogP contribution in [0.15, 0.2) is 51.7 Å². The van der Waals surface area contributed by atoms with E-state index in [4.69, 9.17) is 26.5 Å². The number of hydrogen-bond acceptors (Lipinski definition) is 6. The largest absolute Gasteiger partial charge is 0.493 e. The van der Waals surface area contributed by atoms with Crippen LogP contribution in [-0.2, 0) is 6.54 Å². The zero-order valence-electron chi connectivity index (χ0n) is 18.7. The summed E-state index contributed by atoms with van der Waals surface area (Å²) in [6.07, 6.45) is 0.902. The number of carbonyl (C=O) groups excluding carboxylic acids is 1. The molecule has 3 aromatic rings. The van der Waals surface area contributed by atoms with E-state index < -0.39 is 11.5 Å². The molecule has 1 amide bonds. The van der Waals surface area contributed by atoms with Gasteiger partial charge in [-0.3, -0.25) is 9.69 Å². The second kappa shape index (κ2) is 10.4. The van der Waals surface area contributed by atoms with Gasteiger partial charge in [0.05, 0.1) is 6.61 Å². The van der Waals surface area contributed by atoms with Crippen molar-refractivity contribution in [1.29, 1.82) is 0 Å². The number of rotatable bonds is 8. The van der Waals surface area contributed by atoms with Crippen LogP contribution in [0.5, 0.6) is 5.75 Å². The van der Waals surface area contributed by atoms with Gasteiger partial charge in [-0.25, -0.2) is 4.79 Å². The molecule has 0 unspecified atom stereocenters. The fourth-order valence-corrected chi connectivity index (χ4v) is 4.33. The molecule has 1 fully saturated rings. The molecule has 174 valence electrons. The summed E-state index contributed by atoms with van der Waals surface area (Å²) in [5, 5.41) is 1.44. The van der Waals surface area contributed by atoms with E-state index in [0.29, 0.717) is 28.9 Å². The van der Waals surface area contributed by atoms with Gasteiger partial charge >= 0.3 is 5.63 Å². The molecule has 0 saturated carbocycles. The quantitative estimate of drug-likeness (QED) is 0.401. The van der Waals surface area contributed by atoms with Gasteiger partial charge in [0.2, 0.25) is 0 Å². The van der Waals surface area contributed by atoms with E-state index in [1.54, 1.807) is 19.1 Å². The molecule has 33 heavy (non-hydrogen) atoms. The zero-order valence-corrected chi connectivity index (χ0v) is 19.4. The molecule has 0 bridgehead atoms. The molecule has 0 spiro atoms. The van der Waals surface area contributed by atoms with E-state index in [0.717, 1.165) is 50.7 Å². The Morgan fingerprint density at radius 3 is 2.48 bits per heavy atom.